The number of amides is 3. The topological polar surface area (TPSA) is 255 Å². The Bertz CT molecular complexity index is 949. The van der Waals surface area contributed by atoms with Gasteiger partial charge in [0.2, 0.25) is 17.7 Å². The van der Waals surface area contributed by atoms with Gasteiger partial charge in [0.15, 0.2) is 5.96 Å². The molecule has 0 aliphatic heterocycles. The normalized spacial score (nSPS) is 14.1. The zero-order chi connectivity index (χ0) is 28.1. The van der Waals surface area contributed by atoms with Crippen molar-refractivity contribution in [1.29, 1.82) is 0 Å². The number of phenols is 1. The molecule has 3 amide bonds. The van der Waals surface area contributed by atoms with E-state index in [1.54, 1.807) is 26.0 Å². The van der Waals surface area contributed by atoms with E-state index >= 15 is 0 Å². The van der Waals surface area contributed by atoms with Gasteiger partial charge >= 0.3 is 5.97 Å². The minimum absolute atomic E-state index is 0.00306. The van der Waals surface area contributed by atoms with Crippen LogP contribution in [-0.2, 0) is 25.6 Å². The van der Waals surface area contributed by atoms with Crippen molar-refractivity contribution in [3.63, 3.8) is 0 Å². The fourth-order valence-corrected chi connectivity index (χ4v) is 3.25. The predicted molar refractivity (Wildman–Crippen MR) is 135 cm³/mol. The number of phenolic OH excluding ortho intramolecular Hbond substituents is 1. The van der Waals surface area contributed by atoms with Gasteiger partial charge in [0.05, 0.1) is 6.61 Å². The molecule has 14 heteroatoms. The van der Waals surface area contributed by atoms with E-state index in [4.69, 9.17) is 22.3 Å². The van der Waals surface area contributed by atoms with Crippen LogP contribution in [0.2, 0.25) is 0 Å². The molecular formula is C23H37N7O7. The highest BCUT2D eigenvalue weighted by Gasteiger charge is 2.31. The molecule has 1 rings (SSSR count). The number of carboxylic acid groups (broad SMARTS) is 1. The van der Waals surface area contributed by atoms with E-state index in [2.05, 4.69) is 20.9 Å². The van der Waals surface area contributed by atoms with Gasteiger partial charge in [-0.05, 0) is 36.5 Å². The van der Waals surface area contributed by atoms with Crippen molar-refractivity contribution in [3.05, 3.63) is 29.8 Å². The van der Waals surface area contributed by atoms with Crippen LogP contribution in [0, 0.1) is 5.92 Å². The maximum absolute atomic E-state index is 13.2. The van der Waals surface area contributed by atoms with E-state index in [-0.39, 0.29) is 37.5 Å². The van der Waals surface area contributed by atoms with Crippen LogP contribution in [0.3, 0.4) is 0 Å². The highest BCUT2D eigenvalue weighted by Crippen LogP contribution is 2.13. The predicted octanol–water partition coefficient (Wildman–Crippen LogP) is -2.50. The van der Waals surface area contributed by atoms with Gasteiger partial charge < -0.3 is 48.5 Å². The Morgan fingerprint density at radius 3 is 2.03 bits per heavy atom. The number of aliphatic hydroxyl groups is 1. The molecule has 0 spiro atoms. The number of nitrogens with zero attached hydrogens (tertiary/aromatic N) is 1. The Morgan fingerprint density at radius 1 is 0.946 bits per heavy atom. The van der Waals surface area contributed by atoms with Crippen LogP contribution < -0.4 is 33.2 Å². The van der Waals surface area contributed by atoms with Crippen molar-refractivity contribution in [3.8, 4) is 5.75 Å². The lowest BCUT2D eigenvalue weighted by atomic mass is 10.0. The molecule has 0 saturated carbocycles. The van der Waals surface area contributed by atoms with E-state index in [0.29, 0.717) is 5.56 Å². The third kappa shape index (κ3) is 11.1. The van der Waals surface area contributed by atoms with Crippen molar-refractivity contribution >= 4 is 29.7 Å². The minimum atomic E-state index is -1.27. The number of carbonyl (C=O) groups excluding carboxylic acids is 3. The zero-order valence-corrected chi connectivity index (χ0v) is 20.9. The first-order valence-electron chi connectivity index (χ1n) is 11.7. The minimum Gasteiger partial charge on any atom is -0.508 e. The average molecular weight is 524 g/mol. The molecule has 0 radical (unpaired) electrons. The second-order valence-corrected chi connectivity index (χ2v) is 8.80. The number of aromatic hydroxyl groups is 1. The molecule has 37 heavy (non-hydrogen) atoms. The molecule has 0 aliphatic carbocycles. The lowest BCUT2D eigenvalue weighted by molar-refractivity contribution is -0.143. The molecule has 14 nitrogen and oxygen atoms in total. The van der Waals surface area contributed by atoms with Crippen molar-refractivity contribution in [2.75, 3.05) is 13.2 Å². The van der Waals surface area contributed by atoms with Gasteiger partial charge in [0.25, 0.3) is 0 Å². The van der Waals surface area contributed by atoms with Crippen LogP contribution in [0.5, 0.6) is 5.75 Å². The standard InChI is InChI=1S/C23H37N7O7/c1-12(2)18(22(36)37)30-21(35)17(10-13-5-7-14(32)8-6-13)29-20(34)16(4-3-9-27-23(25)26)28-19(33)15(24)11-31/h5-8,12,15-18,31-32H,3-4,9-11,24H2,1-2H3,(H,28,33)(H,29,34)(H,30,35)(H,36,37)(H4,25,26,27). The molecule has 0 aromatic heterocycles. The fourth-order valence-electron chi connectivity index (χ4n) is 3.25. The second-order valence-electron chi connectivity index (χ2n) is 8.80. The Morgan fingerprint density at radius 2 is 1.51 bits per heavy atom. The number of carbonyl (C=O) groups is 4. The molecule has 4 atom stereocenters. The molecule has 0 bridgehead atoms. The summed E-state index contributed by atoms with van der Waals surface area (Å²) < 4.78 is 0. The Balaban J connectivity index is 3.16. The maximum Gasteiger partial charge on any atom is 0.326 e. The fraction of sp³-hybridized carbons (Fsp3) is 0.522. The smallest absolute Gasteiger partial charge is 0.326 e. The van der Waals surface area contributed by atoms with E-state index < -0.39 is 60.4 Å². The summed E-state index contributed by atoms with van der Waals surface area (Å²) in [5, 5.41) is 35.6. The van der Waals surface area contributed by atoms with Crippen LogP contribution in [0.4, 0.5) is 0 Å². The Kier molecular flexibility index (Phi) is 12.8. The summed E-state index contributed by atoms with van der Waals surface area (Å²) in [6, 6.07) is 1.06. The molecule has 1 aromatic carbocycles. The van der Waals surface area contributed by atoms with Crippen molar-refractivity contribution < 1.29 is 34.5 Å². The summed E-state index contributed by atoms with van der Waals surface area (Å²) in [6.07, 6.45) is 0.324. The number of carboxylic acids is 1. The van der Waals surface area contributed by atoms with Crippen LogP contribution in [-0.4, -0.2) is 82.3 Å². The largest absolute Gasteiger partial charge is 0.508 e. The van der Waals surface area contributed by atoms with E-state index in [1.165, 1.54) is 12.1 Å². The highest BCUT2D eigenvalue weighted by atomic mass is 16.4. The third-order valence-corrected chi connectivity index (χ3v) is 5.35. The lowest BCUT2D eigenvalue weighted by Crippen LogP contribution is -2.58. The van der Waals surface area contributed by atoms with Crippen LogP contribution in [0.25, 0.3) is 0 Å². The number of hydrogen-bond acceptors (Lipinski definition) is 8. The van der Waals surface area contributed by atoms with Crippen molar-refractivity contribution in [1.82, 2.24) is 16.0 Å². The second kappa shape index (κ2) is 15.3. The van der Waals surface area contributed by atoms with Gasteiger partial charge in [0.1, 0.15) is 29.9 Å². The lowest BCUT2D eigenvalue weighted by Gasteiger charge is -2.26. The van der Waals surface area contributed by atoms with E-state index in [1.807, 2.05) is 0 Å². The SMILES string of the molecule is CC(C)C(NC(=O)C(Cc1ccc(O)cc1)NC(=O)C(CCCN=C(N)N)NC(=O)C(N)CO)C(=O)O. The summed E-state index contributed by atoms with van der Waals surface area (Å²) in [5.74, 6) is -4.08. The average Bonchev–Trinajstić information content (AvgIpc) is 2.83. The maximum atomic E-state index is 13.2. The number of rotatable bonds is 15. The first kappa shape index (κ1) is 31.1. The molecular weight excluding hydrogens is 486 g/mol. The van der Waals surface area contributed by atoms with Crippen molar-refractivity contribution in [2.24, 2.45) is 28.1 Å². The van der Waals surface area contributed by atoms with Gasteiger partial charge in [-0.25, -0.2) is 4.79 Å². The molecule has 0 saturated heterocycles. The van der Waals surface area contributed by atoms with Gasteiger partial charge in [-0.15, -0.1) is 0 Å². The number of guanidine groups is 1. The molecule has 4 unspecified atom stereocenters. The van der Waals surface area contributed by atoms with Gasteiger partial charge in [0, 0.05) is 13.0 Å². The number of nitrogens with two attached hydrogens (primary N) is 3. The first-order chi connectivity index (χ1) is 17.3. The number of aliphatic imine (C=N–C) groups is 1. The summed E-state index contributed by atoms with van der Waals surface area (Å²) >= 11 is 0. The highest BCUT2D eigenvalue weighted by molar-refractivity contribution is 5.94. The third-order valence-electron chi connectivity index (χ3n) is 5.35. The molecule has 0 fully saturated rings. The van der Waals surface area contributed by atoms with E-state index in [0.717, 1.165) is 0 Å². The van der Waals surface area contributed by atoms with Gasteiger partial charge in [-0.3, -0.25) is 19.4 Å². The number of aliphatic carboxylic acids is 1. The summed E-state index contributed by atoms with van der Waals surface area (Å²) in [4.78, 5) is 53.9. The van der Waals surface area contributed by atoms with E-state index in [9.17, 15) is 29.4 Å². The number of hydrogen-bond donors (Lipinski definition) is 9. The monoisotopic (exact) mass is 523 g/mol. The number of nitrogens with one attached hydrogen (secondary N) is 3. The van der Waals surface area contributed by atoms with Crippen molar-refractivity contribution in [2.45, 2.75) is 57.3 Å². The number of benzene rings is 1. The van der Waals surface area contributed by atoms with Gasteiger partial charge in [-0.1, -0.05) is 26.0 Å². The zero-order valence-electron chi connectivity index (χ0n) is 20.9. The Hall–Kier alpha value is -3.91. The molecule has 1 aromatic rings. The number of aliphatic hydroxyl groups excluding tert-OH is 1. The summed E-state index contributed by atoms with van der Waals surface area (Å²) in [7, 11) is 0. The summed E-state index contributed by atoms with van der Waals surface area (Å²) in [6.45, 7) is 2.77. The Labute approximate surface area is 214 Å². The van der Waals surface area contributed by atoms with Gasteiger partial charge in [-0.2, -0.15) is 0 Å². The first-order valence-corrected chi connectivity index (χ1v) is 11.7. The molecule has 206 valence electrons. The van der Waals surface area contributed by atoms with Crippen LogP contribution >= 0.6 is 0 Å². The van der Waals surface area contributed by atoms with Crippen LogP contribution in [0.15, 0.2) is 29.3 Å². The molecule has 0 heterocycles. The molecule has 12 N–H and O–H groups in total. The summed E-state index contributed by atoms with van der Waals surface area (Å²) in [5.41, 5.74) is 16.7. The molecule has 0 aliphatic rings. The quantitative estimate of drug-likeness (QED) is 0.0663. The van der Waals surface area contributed by atoms with Crippen LogP contribution in [0.1, 0.15) is 32.3 Å².